The van der Waals surface area contributed by atoms with E-state index in [0.29, 0.717) is 13.0 Å². The summed E-state index contributed by atoms with van der Waals surface area (Å²) in [6, 6.07) is 0.470. The monoisotopic (exact) mass is 330 g/mol. The second-order valence-electron chi connectivity index (χ2n) is 5.43. The molecule has 1 aromatic rings. The number of carbonyl (C=O) groups is 2. The first-order valence-corrected chi connectivity index (χ1v) is 7.18. The molecule has 6 nitrogen and oxygen atoms in total. The van der Waals surface area contributed by atoms with Crippen LogP contribution in [0.4, 0.5) is 13.2 Å². The number of carbonyl (C=O) groups excluding carboxylic acids is 2. The molecule has 2 amide bonds. The minimum atomic E-state index is -4.74. The Labute approximate surface area is 131 Å². The third-order valence-electron chi connectivity index (χ3n) is 3.62. The predicted molar refractivity (Wildman–Crippen MR) is 74.5 cm³/mol. The number of likely N-dealkylation sites (N-methyl/N-ethyl adjacent to an activating group) is 1. The van der Waals surface area contributed by atoms with Crippen molar-refractivity contribution in [2.24, 2.45) is 0 Å². The van der Waals surface area contributed by atoms with Crippen molar-refractivity contribution in [2.45, 2.75) is 38.4 Å². The zero-order valence-electron chi connectivity index (χ0n) is 12.8. The first-order valence-electron chi connectivity index (χ1n) is 7.18. The minimum absolute atomic E-state index is 0.0365. The Morgan fingerprint density at radius 3 is 2.70 bits per heavy atom. The van der Waals surface area contributed by atoms with E-state index in [1.807, 2.05) is 0 Å². The topological polar surface area (TPSA) is 75.2 Å². The summed E-state index contributed by atoms with van der Waals surface area (Å²) in [6.45, 7) is 1.88. The molecule has 2 heterocycles. The van der Waals surface area contributed by atoms with Crippen LogP contribution in [0.5, 0.6) is 0 Å². The normalized spacial score (nSPS) is 19.0. The molecule has 1 atom stereocenters. The van der Waals surface area contributed by atoms with E-state index in [2.05, 4.69) is 15.3 Å². The summed E-state index contributed by atoms with van der Waals surface area (Å²) in [5.41, 5.74) is -0.334. The molecule has 0 aromatic carbocycles. The number of nitrogens with one attached hydrogen (secondary N) is 1. The smallest absolute Gasteiger partial charge is 0.354 e. The number of nitrogens with zero attached hydrogens (tertiary/aromatic N) is 3. The van der Waals surface area contributed by atoms with E-state index in [1.54, 1.807) is 0 Å². The number of amides is 2. The van der Waals surface area contributed by atoms with Crippen molar-refractivity contribution in [2.75, 3.05) is 13.6 Å². The van der Waals surface area contributed by atoms with Crippen LogP contribution in [0.15, 0.2) is 6.07 Å². The van der Waals surface area contributed by atoms with Gasteiger partial charge in [-0.25, -0.2) is 9.97 Å². The van der Waals surface area contributed by atoms with Gasteiger partial charge in [0.15, 0.2) is 0 Å². The number of halogens is 3. The van der Waals surface area contributed by atoms with Crippen LogP contribution in [0.1, 0.15) is 41.3 Å². The van der Waals surface area contributed by atoms with Gasteiger partial charge in [0.05, 0.1) is 0 Å². The Morgan fingerprint density at radius 2 is 2.04 bits per heavy atom. The molecule has 9 heteroatoms. The molecule has 1 aliphatic rings. The fourth-order valence-electron chi connectivity index (χ4n) is 2.42. The quantitative estimate of drug-likeness (QED) is 0.893. The van der Waals surface area contributed by atoms with Crippen LogP contribution >= 0.6 is 0 Å². The number of aromatic nitrogens is 2. The van der Waals surface area contributed by atoms with Crippen LogP contribution in [-0.2, 0) is 11.0 Å². The van der Waals surface area contributed by atoms with Gasteiger partial charge in [-0.1, -0.05) is 0 Å². The summed E-state index contributed by atoms with van der Waals surface area (Å²) in [7, 11) is 1.39. The fourth-order valence-corrected chi connectivity index (χ4v) is 2.42. The summed E-state index contributed by atoms with van der Waals surface area (Å²) in [5.74, 6) is -2.40. The van der Waals surface area contributed by atoms with Gasteiger partial charge in [-0.05, 0) is 32.3 Å². The molecule has 0 spiro atoms. The Morgan fingerprint density at radius 1 is 1.35 bits per heavy atom. The maximum atomic E-state index is 12.8. The summed E-state index contributed by atoms with van der Waals surface area (Å²) < 4.78 is 38.3. The maximum Gasteiger partial charge on any atom is 0.451 e. The minimum Gasteiger partial charge on any atom is -0.354 e. The van der Waals surface area contributed by atoms with E-state index < -0.39 is 23.9 Å². The van der Waals surface area contributed by atoms with Gasteiger partial charge >= 0.3 is 6.18 Å². The van der Waals surface area contributed by atoms with Crippen molar-refractivity contribution < 1.29 is 22.8 Å². The molecule has 126 valence electrons. The van der Waals surface area contributed by atoms with Crippen molar-refractivity contribution in [3.05, 3.63) is 23.3 Å². The van der Waals surface area contributed by atoms with Gasteiger partial charge in [-0.15, -0.1) is 0 Å². The summed E-state index contributed by atoms with van der Waals surface area (Å²) >= 11 is 0. The first-order chi connectivity index (χ1) is 10.7. The Hall–Kier alpha value is -2.19. The lowest BCUT2D eigenvalue weighted by atomic mass is 10.1. The molecule has 1 N–H and O–H groups in total. The number of hydrogen-bond donors (Lipinski definition) is 1. The number of hydrogen-bond acceptors (Lipinski definition) is 4. The summed E-state index contributed by atoms with van der Waals surface area (Å²) in [5, 5.41) is 2.68. The molecule has 0 bridgehead atoms. The number of aryl methyl sites for hydroxylation is 1. The zero-order valence-corrected chi connectivity index (χ0v) is 12.8. The standard InChI is InChI=1S/C14H17F3N4O2/c1-8-7-9(20-13(19-8)14(15,16)17)12(23)21(2)10-5-3-4-6-18-11(10)22/h7,10H,3-6H2,1-2H3,(H,18,22). The molecule has 1 aliphatic heterocycles. The molecular weight excluding hydrogens is 313 g/mol. The van der Waals surface area contributed by atoms with E-state index in [4.69, 9.17) is 0 Å². The van der Waals surface area contributed by atoms with Crippen molar-refractivity contribution >= 4 is 11.8 Å². The van der Waals surface area contributed by atoms with Crippen molar-refractivity contribution in [1.82, 2.24) is 20.2 Å². The molecule has 2 rings (SSSR count). The Kier molecular flexibility index (Phi) is 4.86. The maximum absolute atomic E-state index is 12.8. The van der Waals surface area contributed by atoms with Gasteiger partial charge in [0.2, 0.25) is 11.7 Å². The van der Waals surface area contributed by atoms with Gasteiger partial charge in [0.1, 0.15) is 11.7 Å². The molecule has 0 radical (unpaired) electrons. The summed E-state index contributed by atoms with van der Waals surface area (Å²) in [6.07, 6.45) is -2.73. The highest BCUT2D eigenvalue weighted by Crippen LogP contribution is 2.26. The third-order valence-corrected chi connectivity index (χ3v) is 3.62. The van der Waals surface area contributed by atoms with Crippen LogP contribution in [-0.4, -0.2) is 46.3 Å². The van der Waals surface area contributed by atoms with Crippen LogP contribution in [0.25, 0.3) is 0 Å². The van der Waals surface area contributed by atoms with Crippen molar-refractivity contribution in [3.63, 3.8) is 0 Å². The van der Waals surface area contributed by atoms with Gasteiger partial charge < -0.3 is 10.2 Å². The lowest BCUT2D eigenvalue weighted by Crippen LogP contribution is -2.46. The zero-order chi connectivity index (χ0) is 17.2. The SMILES string of the molecule is Cc1cc(C(=O)N(C)C2CCCCNC2=O)nc(C(F)(F)F)n1. The van der Waals surface area contributed by atoms with Gasteiger partial charge in [0, 0.05) is 19.3 Å². The highest BCUT2D eigenvalue weighted by atomic mass is 19.4. The first kappa shape index (κ1) is 17.2. The molecule has 1 aromatic heterocycles. The molecular formula is C14H17F3N4O2. The third kappa shape index (κ3) is 3.96. The van der Waals surface area contributed by atoms with Crippen LogP contribution in [0.3, 0.4) is 0 Å². The lowest BCUT2D eigenvalue weighted by Gasteiger charge is -2.25. The highest BCUT2D eigenvalue weighted by Gasteiger charge is 2.36. The molecule has 1 unspecified atom stereocenters. The average molecular weight is 330 g/mol. The second-order valence-corrected chi connectivity index (χ2v) is 5.43. The largest absolute Gasteiger partial charge is 0.451 e. The Bertz CT molecular complexity index is 619. The number of alkyl halides is 3. The van der Waals surface area contributed by atoms with Gasteiger partial charge in [-0.2, -0.15) is 13.2 Å². The lowest BCUT2D eigenvalue weighted by molar-refractivity contribution is -0.145. The summed E-state index contributed by atoms with van der Waals surface area (Å²) in [4.78, 5) is 32.1. The molecule has 1 saturated heterocycles. The van der Waals surface area contributed by atoms with Crippen molar-refractivity contribution in [1.29, 1.82) is 0 Å². The molecule has 0 aliphatic carbocycles. The predicted octanol–water partition coefficient (Wildman–Crippen LogP) is 1.54. The van der Waals surface area contributed by atoms with Crippen LogP contribution in [0, 0.1) is 6.92 Å². The van der Waals surface area contributed by atoms with E-state index >= 15 is 0 Å². The van der Waals surface area contributed by atoms with Crippen molar-refractivity contribution in [3.8, 4) is 0 Å². The molecule has 0 saturated carbocycles. The van der Waals surface area contributed by atoms with E-state index in [0.717, 1.165) is 17.7 Å². The van der Waals surface area contributed by atoms with Crippen LogP contribution in [0.2, 0.25) is 0 Å². The van der Waals surface area contributed by atoms with Crippen LogP contribution < -0.4 is 5.32 Å². The fraction of sp³-hybridized carbons (Fsp3) is 0.571. The Balaban J connectivity index is 2.28. The second kappa shape index (κ2) is 6.51. The van der Waals surface area contributed by atoms with E-state index in [9.17, 15) is 22.8 Å². The average Bonchev–Trinajstić information content (AvgIpc) is 2.68. The van der Waals surface area contributed by atoms with E-state index in [1.165, 1.54) is 20.0 Å². The molecule has 1 fully saturated rings. The van der Waals surface area contributed by atoms with Gasteiger partial charge in [-0.3, -0.25) is 9.59 Å². The van der Waals surface area contributed by atoms with Gasteiger partial charge in [0.25, 0.3) is 5.91 Å². The highest BCUT2D eigenvalue weighted by molar-refractivity contribution is 5.96. The van der Waals surface area contributed by atoms with E-state index in [-0.39, 0.29) is 17.3 Å². The molecule has 23 heavy (non-hydrogen) atoms. The number of rotatable bonds is 2.